The first-order chi connectivity index (χ1) is 13.9. The van der Waals surface area contributed by atoms with Gasteiger partial charge in [-0.15, -0.1) is 0 Å². The largest absolute Gasteiger partial charge is 0.486 e. The van der Waals surface area contributed by atoms with Crippen LogP contribution in [0.2, 0.25) is 5.02 Å². The lowest BCUT2D eigenvalue weighted by Gasteiger charge is -2.13. The zero-order chi connectivity index (χ0) is 21.0. The van der Waals surface area contributed by atoms with Crippen molar-refractivity contribution >= 4 is 17.6 Å². The van der Waals surface area contributed by atoms with Crippen LogP contribution in [0.1, 0.15) is 23.0 Å². The van der Waals surface area contributed by atoms with Gasteiger partial charge < -0.3 is 9.47 Å². The highest BCUT2D eigenvalue weighted by Gasteiger charge is 2.21. The molecule has 0 unspecified atom stereocenters. The summed E-state index contributed by atoms with van der Waals surface area (Å²) in [6.07, 6.45) is 0. The molecule has 150 valence electrons. The molecule has 2 aromatic carbocycles. The van der Waals surface area contributed by atoms with Crippen molar-refractivity contribution < 1.29 is 23.0 Å². The van der Waals surface area contributed by atoms with E-state index in [9.17, 15) is 18.4 Å². The van der Waals surface area contributed by atoms with E-state index < -0.39 is 23.2 Å². The predicted molar refractivity (Wildman–Crippen MR) is 101 cm³/mol. The standard InChI is InChI=1S/C20H15ClF2N2O4/c1-2-28-20(27)19-17(29-11-14-15(21)4-3-5-16(14)23)10-18(26)25(24-19)13-8-6-12(22)7-9-13/h3-10H,2,11H2,1H3. The molecule has 0 radical (unpaired) electrons. The molecule has 0 fully saturated rings. The van der Waals surface area contributed by atoms with Crippen molar-refractivity contribution in [2.24, 2.45) is 0 Å². The fourth-order valence-electron chi connectivity index (χ4n) is 2.48. The van der Waals surface area contributed by atoms with Crippen LogP contribution in [0, 0.1) is 11.6 Å². The molecule has 0 N–H and O–H groups in total. The predicted octanol–water partition coefficient (Wildman–Crippen LogP) is 3.92. The van der Waals surface area contributed by atoms with Crippen molar-refractivity contribution in [3.8, 4) is 11.4 Å². The van der Waals surface area contributed by atoms with Crippen molar-refractivity contribution in [3.05, 3.63) is 86.8 Å². The van der Waals surface area contributed by atoms with Crippen LogP contribution in [0.15, 0.2) is 53.3 Å². The Balaban J connectivity index is 2.01. The van der Waals surface area contributed by atoms with Gasteiger partial charge >= 0.3 is 5.97 Å². The number of hydrogen-bond donors (Lipinski definition) is 0. The number of carbonyl (C=O) groups is 1. The van der Waals surface area contributed by atoms with E-state index in [1.165, 1.54) is 30.3 Å². The highest BCUT2D eigenvalue weighted by Crippen LogP contribution is 2.23. The smallest absolute Gasteiger partial charge is 0.362 e. The second-order valence-electron chi connectivity index (χ2n) is 5.79. The van der Waals surface area contributed by atoms with Crippen molar-refractivity contribution in [1.29, 1.82) is 0 Å². The Hall–Kier alpha value is -3.26. The van der Waals surface area contributed by atoms with E-state index >= 15 is 0 Å². The van der Waals surface area contributed by atoms with E-state index in [2.05, 4.69) is 5.10 Å². The van der Waals surface area contributed by atoms with E-state index in [-0.39, 0.29) is 40.9 Å². The Morgan fingerprint density at radius 2 is 1.90 bits per heavy atom. The van der Waals surface area contributed by atoms with Crippen LogP contribution in [0.4, 0.5) is 8.78 Å². The number of aromatic nitrogens is 2. The third-order valence-electron chi connectivity index (χ3n) is 3.87. The monoisotopic (exact) mass is 420 g/mol. The number of rotatable bonds is 6. The normalized spacial score (nSPS) is 10.6. The Kier molecular flexibility index (Phi) is 6.23. The first kappa shape index (κ1) is 20.5. The molecular formula is C20H15ClF2N2O4. The Morgan fingerprint density at radius 1 is 1.17 bits per heavy atom. The summed E-state index contributed by atoms with van der Waals surface area (Å²) in [4.78, 5) is 24.8. The van der Waals surface area contributed by atoms with Crippen LogP contribution in [0.5, 0.6) is 5.75 Å². The van der Waals surface area contributed by atoms with Crippen molar-refractivity contribution in [2.45, 2.75) is 13.5 Å². The summed E-state index contributed by atoms with van der Waals surface area (Å²) in [7, 11) is 0. The highest BCUT2D eigenvalue weighted by atomic mass is 35.5. The lowest BCUT2D eigenvalue weighted by Crippen LogP contribution is -2.25. The Bertz CT molecular complexity index is 1080. The average Bonchev–Trinajstić information content (AvgIpc) is 2.68. The van der Waals surface area contributed by atoms with Crippen LogP contribution >= 0.6 is 11.6 Å². The Labute approximate surface area is 169 Å². The maximum atomic E-state index is 14.0. The first-order valence-electron chi connectivity index (χ1n) is 8.54. The average molecular weight is 421 g/mol. The molecule has 1 heterocycles. The van der Waals surface area contributed by atoms with Gasteiger partial charge in [0.15, 0.2) is 5.75 Å². The second kappa shape index (κ2) is 8.83. The molecular weight excluding hydrogens is 406 g/mol. The van der Waals surface area contributed by atoms with Crippen LogP contribution in [-0.4, -0.2) is 22.4 Å². The molecule has 0 spiro atoms. The topological polar surface area (TPSA) is 70.4 Å². The fraction of sp³-hybridized carbons (Fsp3) is 0.150. The van der Waals surface area contributed by atoms with Gasteiger partial charge in [0.05, 0.1) is 23.4 Å². The molecule has 1 aromatic heterocycles. The number of esters is 1. The van der Waals surface area contributed by atoms with Gasteiger partial charge in [-0.25, -0.2) is 13.6 Å². The second-order valence-corrected chi connectivity index (χ2v) is 6.20. The molecule has 3 aromatic rings. The lowest BCUT2D eigenvalue weighted by molar-refractivity contribution is 0.0511. The molecule has 6 nitrogen and oxygen atoms in total. The number of carbonyl (C=O) groups excluding carboxylic acids is 1. The van der Waals surface area contributed by atoms with Crippen molar-refractivity contribution in [3.63, 3.8) is 0 Å². The van der Waals surface area contributed by atoms with E-state index in [0.717, 1.165) is 22.9 Å². The van der Waals surface area contributed by atoms with Gasteiger partial charge in [-0.05, 0) is 43.3 Å². The van der Waals surface area contributed by atoms with Crippen LogP contribution in [-0.2, 0) is 11.3 Å². The third-order valence-corrected chi connectivity index (χ3v) is 4.22. The summed E-state index contributed by atoms with van der Waals surface area (Å²) in [5, 5.41) is 4.14. The summed E-state index contributed by atoms with van der Waals surface area (Å²) < 4.78 is 38.5. The van der Waals surface area contributed by atoms with Crippen molar-refractivity contribution in [1.82, 2.24) is 9.78 Å². The van der Waals surface area contributed by atoms with Gasteiger partial charge in [0.25, 0.3) is 5.56 Å². The SMILES string of the molecule is CCOC(=O)c1nn(-c2ccc(F)cc2)c(=O)cc1OCc1c(F)cccc1Cl. The summed E-state index contributed by atoms with van der Waals surface area (Å²) in [6.45, 7) is 1.34. The molecule has 9 heteroatoms. The van der Waals surface area contributed by atoms with E-state index in [0.29, 0.717) is 0 Å². The van der Waals surface area contributed by atoms with E-state index in [1.807, 2.05) is 0 Å². The fourth-order valence-corrected chi connectivity index (χ4v) is 2.70. The molecule has 29 heavy (non-hydrogen) atoms. The molecule has 0 amide bonds. The minimum atomic E-state index is -0.835. The van der Waals surface area contributed by atoms with E-state index in [1.54, 1.807) is 6.92 Å². The zero-order valence-electron chi connectivity index (χ0n) is 15.2. The Morgan fingerprint density at radius 3 is 2.55 bits per heavy atom. The summed E-state index contributed by atoms with van der Waals surface area (Å²) >= 11 is 5.97. The molecule has 0 aliphatic carbocycles. The van der Waals surface area contributed by atoms with E-state index in [4.69, 9.17) is 21.1 Å². The number of benzene rings is 2. The number of hydrogen-bond acceptors (Lipinski definition) is 5. The summed E-state index contributed by atoms with van der Waals surface area (Å²) in [5.74, 6) is -2.11. The van der Waals surface area contributed by atoms with Gasteiger partial charge in [0.1, 0.15) is 18.2 Å². The van der Waals surface area contributed by atoms with Gasteiger partial charge in [-0.1, -0.05) is 17.7 Å². The number of ether oxygens (including phenoxy) is 2. The molecule has 0 bridgehead atoms. The maximum absolute atomic E-state index is 14.0. The minimum Gasteiger partial charge on any atom is -0.486 e. The minimum absolute atomic E-state index is 0.0617. The van der Waals surface area contributed by atoms with Crippen LogP contribution < -0.4 is 10.3 Å². The molecule has 0 saturated heterocycles. The molecule has 0 aliphatic rings. The molecule has 0 aliphatic heterocycles. The first-order valence-corrected chi connectivity index (χ1v) is 8.91. The zero-order valence-corrected chi connectivity index (χ0v) is 16.0. The van der Waals surface area contributed by atoms with Gasteiger partial charge in [-0.2, -0.15) is 9.78 Å². The number of halogens is 3. The number of nitrogens with zero attached hydrogens (tertiary/aromatic N) is 2. The quantitative estimate of drug-likeness (QED) is 0.565. The maximum Gasteiger partial charge on any atom is 0.362 e. The molecule has 3 rings (SSSR count). The van der Waals surface area contributed by atoms with Gasteiger partial charge in [-0.3, -0.25) is 4.79 Å². The third kappa shape index (κ3) is 4.60. The van der Waals surface area contributed by atoms with Crippen LogP contribution in [0.3, 0.4) is 0 Å². The summed E-state index contributed by atoms with van der Waals surface area (Å²) in [5.41, 5.74) is -0.625. The van der Waals surface area contributed by atoms with Crippen molar-refractivity contribution in [2.75, 3.05) is 6.61 Å². The molecule has 0 saturated carbocycles. The lowest BCUT2D eigenvalue weighted by atomic mass is 10.2. The van der Waals surface area contributed by atoms with Gasteiger partial charge in [0.2, 0.25) is 5.69 Å². The van der Waals surface area contributed by atoms with Gasteiger partial charge in [0, 0.05) is 5.56 Å². The molecule has 0 atom stereocenters. The highest BCUT2D eigenvalue weighted by molar-refractivity contribution is 6.31. The summed E-state index contributed by atoms with van der Waals surface area (Å²) in [6, 6.07) is 10.1. The van der Waals surface area contributed by atoms with Crippen LogP contribution in [0.25, 0.3) is 5.69 Å².